The van der Waals surface area contributed by atoms with Gasteiger partial charge in [0.2, 0.25) is 0 Å². The molecule has 0 atom stereocenters. The first kappa shape index (κ1) is 30.6. The summed E-state index contributed by atoms with van der Waals surface area (Å²) in [5.41, 5.74) is 11.9. The van der Waals surface area contributed by atoms with E-state index in [0.29, 0.717) is 5.95 Å². The molecule has 3 heterocycles. The SMILES string of the molecule is CC1(C)c2ccccc2-c2cc3c(cc21)c1ccccc1n3-c1nc(-c2ccccc2)[c]2c(n1)-c1cccc[c]1[Ge]2([c]1ccccc1)[c]1ccccc1. The maximum atomic E-state index is 5.75. The van der Waals surface area contributed by atoms with Gasteiger partial charge in [0.05, 0.1) is 0 Å². The van der Waals surface area contributed by atoms with E-state index in [1.54, 1.807) is 0 Å². The van der Waals surface area contributed by atoms with Gasteiger partial charge in [0, 0.05) is 0 Å². The van der Waals surface area contributed by atoms with Crippen LogP contribution in [0.1, 0.15) is 25.0 Å². The second-order valence-electron chi connectivity index (χ2n) is 14.9. The van der Waals surface area contributed by atoms with Crippen LogP contribution in [0.25, 0.3) is 61.4 Å². The standard InChI is InChI=1S/C49H35GeN3/c1-49(2)40-27-15-12-24-35(40)38-31-44-39(30-41(38)49)36-25-14-17-29-43(36)53(44)48-51-46(32-18-6-3-7-19-32)45-47(52-48)37-26-13-16-28-42(37)50(45,33-20-8-4-9-21-33)34-22-10-5-11-23-34/h3-31H,1-2H3. The van der Waals surface area contributed by atoms with Crippen LogP contribution < -0.4 is 17.6 Å². The normalized spacial score (nSPS) is 14.5. The summed E-state index contributed by atoms with van der Waals surface area (Å²) in [6, 6.07) is 64.7. The van der Waals surface area contributed by atoms with E-state index in [0.717, 1.165) is 28.0 Å². The number of nitrogens with zero attached hydrogens (tertiary/aromatic N) is 3. The van der Waals surface area contributed by atoms with Crippen LogP contribution >= 0.6 is 0 Å². The zero-order valence-corrected chi connectivity index (χ0v) is 31.7. The van der Waals surface area contributed by atoms with Gasteiger partial charge < -0.3 is 0 Å². The van der Waals surface area contributed by atoms with E-state index >= 15 is 0 Å². The van der Waals surface area contributed by atoms with Crippen molar-refractivity contribution in [1.82, 2.24) is 14.5 Å². The van der Waals surface area contributed by atoms with Gasteiger partial charge in [-0.05, 0) is 0 Å². The molecule has 7 aromatic carbocycles. The van der Waals surface area contributed by atoms with Crippen LogP contribution in [0.15, 0.2) is 176 Å². The zero-order chi connectivity index (χ0) is 35.3. The van der Waals surface area contributed by atoms with Crippen LogP contribution in [-0.2, 0) is 5.41 Å². The van der Waals surface area contributed by atoms with Crippen LogP contribution in [0.5, 0.6) is 0 Å². The van der Waals surface area contributed by atoms with Crippen molar-refractivity contribution in [1.29, 1.82) is 0 Å². The Morgan fingerprint density at radius 1 is 0.472 bits per heavy atom. The Morgan fingerprint density at radius 3 is 1.79 bits per heavy atom. The van der Waals surface area contributed by atoms with Crippen molar-refractivity contribution >= 4 is 52.7 Å². The molecule has 0 spiro atoms. The molecule has 0 saturated heterocycles. The number of para-hydroxylation sites is 1. The summed E-state index contributed by atoms with van der Waals surface area (Å²) in [6.45, 7) is 4.71. The molecule has 9 aromatic rings. The molecule has 0 unspecified atom stereocenters. The Balaban J connectivity index is 1.29. The van der Waals surface area contributed by atoms with Crippen molar-refractivity contribution in [2.45, 2.75) is 19.3 Å². The van der Waals surface area contributed by atoms with Gasteiger partial charge in [-0.2, -0.15) is 0 Å². The number of aromatic nitrogens is 3. The Kier molecular flexibility index (Phi) is 6.48. The number of fused-ring (bicyclic) bond motifs is 9. The molecule has 11 rings (SSSR count). The molecule has 0 amide bonds. The molecule has 53 heavy (non-hydrogen) atoms. The number of benzene rings is 7. The minimum absolute atomic E-state index is 0.0952. The van der Waals surface area contributed by atoms with Gasteiger partial charge in [-0.25, -0.2) is 0 Å². The first-order chi connectivity index (χ1) is 26.1. The van der Waals surface area contributed by atoms with E-state index in [1.807, 2.05) is 0 Å². The van der Waals surface area contributed by atoms with E-state index in [-0.39, 0.29) is 5.41 Å². The fourth-order valence-electron chi connectivity index (χ4n) is 9.58. The Labute approximate surface area is 311 Å². The van der Waals surface area contributed by atoms with Crippen molar-refractivity contribution in [3.8, 4) is 39.6 Å². The van der Waals surface area contributed by atoms with Crippen LogP contribution in [0.3, 0.4) is 0 Å². The molecule has 0 saturated carbocycles. The average molecular weight is 738 g/mol. The molecule has 3 nitrogen and oxygen atoms in total. The van der Waals surface area contributed by atoms with Crippen molar-refractivity contribution in [3.05, 3.63) is 187 Å². The summed E-state index contributed by atoms with van der Waals surface area (Å²) in [4.78, 5) is 11.5. The Hall–Kier alpha value is -6.04. The Bertz CT molecular complexity index is 2870. The van der Waals surface area contributed by atoms with E-state index in [1.165, 1.54) is 56.2 Å². The molecular formula is C49H35GeN3. The van der Waals surface area contributed by atoms with Gasteiger partial charge in [0.25, 0.3) is 0 Å². The monoisotopic (exact) mass is 739 g/mol. The summed E-state index contributed by atoms with van der Waals surface area (Å²) < 4.78 is 7.80. The number of rotatable bonds is 4. The van der Waals surface area contributed by atoms with Crippen molar-refractivity contribution in [2.75, 3.05) is 0 Å². The van der Waals surface area contributed by atoms with Crippen molar-refractivity contribution in [3.63, 3.8) is 0 Å². The third kappa shape index (κ3) is 4.11. The molecule has 2 aliphatic rings. The molecule has 250 valence electrons. The van der Waals surface area contributed by atoms with Crippen LogP contribution in [0.4, 0.5) is 0 Å². The predicted octanol–water partition coefficient (Wildman–Crippen LogP) is 8.90. The second-order valence-corrected chi connectivity index (χ2v) is 22.7. The third-order valence-electron chi connectivity index (χ3n) is 11.9. The fraction of sp³-hybridized carbons (Fsp3) is 0.0612. The molecule has 4 heteroatoms. The average Bonchev–Trinajstić information content (AvgIpc) is 3.79. The van der Waals surface area contributed by atoms with Gasteiger partial charge in [0.15, 0.2) is 0 Å². The molecule has 2 aromatic heterocycles. The quantitative estimate of drug-likeness (QED) is 0.169. The van der Waals surface area contributed by atoms with Gasteiger partial charge in [-0.3, -0.25) is 0 Å². The molecule has 0 bridgehead atoms. The topological polar surface area (TPSA) is 30.7 Å². The first-order valence-corrected chi connectivity index (χ1v) is 22.6. The van der Waals surface area contributed by atoms with Crippen LogP contribution in [-0.4, -0.2) is 27.8 Å². The molecule has 0 fully saturated rings. The van der Waals surface area contributed by atoms with Crippen molar-refractivity contribution in [2.24, 2.45) is 0 Å². The molecule has 1 aliphatic heterocycles. The number of hydrogen-bond donors (Lipinski definition) is 0. The summed E-state index contributed by atoms with van der Waals surface area (Å²) in [5, 5.41) is 2.44. The van der Waals surface area contributed by atoms with Crippen molar-refractivity contribution < 1.29 is 0 Å². The van der Waals surface area contributed by atoms with Crippen LogP contribution in [0, 0.1) is 0 Å². The number of hydrogen-bond acceptors (Lipinski definition) is 2. The van der Waals surface area contributed by atoms with Gasteiger partial charge in [-0.1, -0.05) is 0 Å². The van der Waals surface area contributed by atoms with E-state index in [4.69, 9.17) is 9.97 Å². The molecular weight excluding hydrogens is 703 g/mol. The van der Waals surface area contributed by atoms with E-state index < -0.39 is 13.3 Å². The summed E-state index contributed by atoms with van der Waals surface area (Å²) in [5.74, 6) is 0.702. The molecule has 1 aliphatic carbocycles. The van der Waals surface area contributed by atoms with Gasteiger partial charge in [-0.15, -0.1) is 0 Å². The van der Waals surface area contributed by atoms with E-state index in [2.05, 4.69) is 194 Å². The van der Waals surface area contributed by atoms with Gasteiger partial charge >= 0.3 is 313 Å². The second kappa shape index (κ2) is 11.2. The van der Waals surface area contributed by atoms with E-state index in [9.17, 15) is 0 Å². The van der Waals surface area contributed by atoms with Gasteiger partial charge in [0.1, 0.15) is 0 Å². The molecule has 0 N–H and O–H groups in total. The zero-order valence-electron chi connectivity index (χ0n) is 29.6. The molecule has 0 radical (unpaired) electrons. The third-order valence-corrected chi connectivity index (χ3v) is 22.1. The summed E-state index contributed by atoms with van der Waals surface area (Å²) in [7, 11) is 0. The first-order valence-electron chi connectivity index (χ1n) is 18.4. The fourth-order valence-corrected chi connectivity index (χ4v) is 20.6. The summed E-state index contributed by atoms with van der Waals surface area (Å²) in [6.07, 6.45) is 0. The Morgan fingerprint density at radius 2 is 1.06 bits per heavy atom. The maximum absolute atomic E-state index is 5.75. The minimum atomic E-state index is -3.66. The summed E-state index contributed by atoms with van der Waals surface area (Å²) >= 11 is -3.66. The van der Waals surface area contributed by atoms with Crippen LogP contribution in [0.2, 0.25) is 0 Å². The predicted molar refractivity (Wildman–Crippen MR) is 222 cm³/mol.